The van der Waals surface area contributed by atoms with Crippen molar-refractivity contribution in [3.8, 4) is 17.6 Å². The Hall–Kier alpha value is -2.22. The molecule has 0 bridgehead atoms. The van der Waals surface area contributed by atoms with E-state index in [1.165, 1.54) is 0 Å². The lowest BCUT2D eigenvalue weighted by Crippen LogP contribution is -2.07. The summed E-state index contributed by atoms with van der Waals surface area (Å²) < 4.78 is 10.3. The number of hydrogen-bond acceptors (Lipinski definition) is 5. The Labute approximate surface area is 101 Å². The molecule has 0 fully saturated rings. The van der Waals surface area contributed by atoms with E-state index >= 15 is 0 Å². The Balaban J connectivity index is 2.67. The summed E-state index contributed by atoms with van der Waals surface area (Å²) in [5.74, 6) is 1.42. The highest BCUT2D eigenvalue weighted by Gasteiger charge is 2.02. The highest BCUT2D eigenvalue weighted by atomic mass is 16.5. The largest absolute Gasteiger partial charge is 0.497 e. The van der Waals surface area contributed by atoms with E-state index in [9.17, 15) is 0 Å². The molecule has 5 nitrogen and oxygen atoms in total. The molecule has 0 unspecified atom stereocenters. The van der Waals surface area contributed by atoms with Crippen molar-refractivity contribution >= 4 is 6.21 Å². The Kier molecular flexibility index (Phi) is 5.38. The number of benzene rings is 1. The molecular formula is C12H15N3O2. The van der Waals surface area contributed by atoms with Gasteiger partial charge in [-0.2, -0.15) is 10.4 Å². The molecule has 0 aliphatic heterocycles. The lowest BCUT2D eigenvalue weighted by atomic mass is 10.2. The first-order valence-electron chi connectivity index (χ1n) is 5.16. The maximum absolute atomic E-state index is 8.35. The van der Waals surface area contributed by atoms with E-state index in [1.54, 1.807) is 26.5 Å². The average Bonchev–Trinajstić information content (AvgIpc) is 2.38. The topological polar surface area (TPSA) is 66.6 Å². The highest BCUT2D eigenvalue weighted by molar-refractivity contribution is 5.83. The molecule has 0 aliphatic rings. The smallest absolute Gasteiger partial charge is 0.131 e. The molecule has 1 rings (SSSR count). The van der Waals surface area contributed by atoms with E-state index in [2.05, 4.69) is 10.5 Å². The van der Waals surface area contributed by atoms with Crippen molar-refractivity contribution in [1.82, 2.24) is 5.43 Å². The first-order valence-corrected chi connectivity index (χ1v) is 5.16. The predicted octanol–water partition coefficient (Wildman–Crippen LogP) is 1.54. The van der Waals surface area contributed by atoms with Crippen LogP contribution in [0.5, 0.6) is 11.5 Å². The lowest BCUT2D eigenvalue weighted by Gasteiger charge is -2.06. The fraction of sp³-hybridized carbons (Fsp3) is 0.333. The van der Waals surface area contributed by atoms with Crippen LogP contribution in [0.1, 0.15) is 12.0 Å². The Morgan fingerprint density at radius 1 is 1.41 bits per heavy atom. The third kappa shape index (κ3) is 4.03. The Morgan fingerprint density at radius 2 is 2.24 bits per heavy atom. The van der Waals surface area contributed by atoms with Crippen LogP contribution in [0.15, 0.2) is 23.3 Å². The van der Waals surface area contributed by atoms with Crippen LogP contribution in [-0.2, 0) is 0 Å². The minimum Gasteiger partial charge on any atom is -0.497 e. The van der Waals surface area contributed by atoms with Crippen molar-refractivity contribution in [2.24, 2.45) is 5.10 Å². The molecule has 17 heavy (non-hydrogen) atoms. The molecule has 0 spiro atoms. The number of nitrogens with zero attached hydrogens (tertiary/aromatic N) is 2. The number of rotatable bonds is 6. The first-order chi connectivity index (χ1) is 8.31. The number of methoxy groups -OCH3 is 2. The van der Waals surface area contributed by atoms with Crippen molar-refractivity contribution in [2.45, 2.75) is 6.42 Å². The number of nitriles is 1. The third-order valence-corrected chi connectivity index (χ3v) is 2.08. The zero-order valence-corrected chi connectivity index (χ0v) is 9.93. The summed E-state index contributed by atoms with van der Waals surface area (Å²) in [6.45, 7) is 0.533. The summed E-state index contributed by atoms with van der Waals surface area (Å²) in [7, 11) is 3.20. The standard InChI is InChI=1S/C12H15N3O2/c1-16-11-5-4-10(12(8-11)17-2)9-15-14-7-3-6-13/h4-5,8-9,14H,3,7H2,1-2H3/b15-9+. The van der Waals surface area contributed by atoms with Gasteiger partial charge in [-0.3, -0.25) is 0 Å². The summed E-state index contributed by atoms with van der Waals surface area (Å²) in [6, 6.07) is 7.50. The van der Waals surface area contributed by atoms with Gasteiger partial charge in [0, 0.05) is 18.2 Å². The second kappa shape index (κ2) is 7.12. The fourth-order valence-electron chi connectivity index (χ4n) is 1.22. The van der Waals surface area contributed by atoms with E-state index in [0.717, 1.165) is 11.3 Å². The van der Waals surface area contributed by atoms with Crippen LogP contribution >= 0.6 is 0 Å². The van der Waals surface area contributed by atoms with Gasteiger partial charge in [-0.1, -0.05) is 0 Å². The van der Waals surface area contributed by atoms with Crippen LogP contribution in [-0.4, -0.2) is 27.0 Å². The number of hydrazone groups is 1. The third-order valence-electron chi connectivity index (χ3n) is 2.08. The number of hydrogen-bond donors (Lipinski definition) is 1. The lowest BCUT2D eigenvalue weighted by molar-refractivity contribution is 0.394. The van der Waals surface area contributed by atoms with Gasteiger partial charge in [0.15, 0.2) is 0 Å². The fourth-order valence-corrected chi connectivity index (χ4v) is 1.22. The van der Waals surface area contributed by atoms with Crippen molar-refractivity contribution in [3.05, 3.63) is 23.8 Å². The van der Waals surface area contributed by atoms with Crippen LogP contribution in [0.4, 0.5) is 0 Å². The van der Waals surface area contributed by atoms with Crippen LogP contribution in [0, 0.1) is 11.3 Å². The van der Waals surface area contributed by atoms with Gasteiger partial charge in [0.25, 0.3) is 0 Å². The second-order valence-electron chi connectivity index (χ2n) is 3.18. The molecule has 0 aliphatic carbocycles. The van der Waals surface area contributed by atoms with E-state index in [0.29, 0.717) is 18.7 Å². The van der Waals surface area contributed by atoms with Gasteiger partial charge in [0.2, 0.25) is 0 Å². The molecule has 0 radical (unpaired) electrons. The van der Waals surface area contributed by atoms with Crippen LogP contribution in [0.2, 0.25) is 0 Å². The minimum absolute atomic E-state index is 0.428. The Morgan fingerprint density at radius 3 is 2.88 bits per heavy atom. The zero-order valence-electron chi connectivity index (χ0n) is 9.93. The minimum atomic E-state index is 0.428. The van der Waals surface area contributed by atoms with Crippen molar-refractivity contribution in [2.75, 3.05) is 20.8 Å². The van der Waals surface area contributed by atoms with Gasteiger partial charge in [0.1, 0.15) is 11.5 Å². The van der Waals surface area contributed by atoms with E-state index < -0.39 is 0 Å². The SMILES string of the molecule is COc1ccc(/C=N/NCCC#N)c(OC)c1. The van der Waals surface area contributed by atoms with E-state index in [1.807, 2.05) is 18.2 Å². The van der Waals surface area contributed by atoms with E-state index in [4.69, 9.17) is 14.7 Å². The molecule has 0 saturated carbocycles. The molecule has 0 amide bonds. The summed E-state index contributed by atoms with van der Waals surface area (Å²) in [5, 5.41) is 12.3. The summed E-state index contributed by atoms with van der Waals surface area (Å²) in [6.07, 6.45) is 2.08. The molecule has 0 atom stereocenters. The quantitative estimate of drug-likeness (QED) is 0.460. The Bertz CT molecular complexity index is 424. The number of ether oxygens (including phenoxy) is 2. The average molecular weight is 233 g/mol. The van der Waals surface area contributed by atoms with Crippen LogP contribution in [0.3, 0.4) is 0 Å². The van der Waals surface area contributed by atoms with Crippen LogP contribution < -0.4 is 14.9 Å². The van der Waals surface area contributed by atoms with Gasteiger partial charge < -0.3 is 14.9 Å². The van der Waals surface area contributed by atoms with Gasteiger partial charge in [-0.15, -0.1) is 0 Å². The monoisotopic (exact) mass is 233 g/mol. The van der Waals surface area contributed by atoms with Gasteiger partial charge in [0.05, 0.1) is 32.9 Å². The molecule has 90 valence electrons. The molecular weight excluding hydrogens is 218 g/mol. The maximum Gasteiger partial charge on any atom is 0.131 e. The van der Waals surface area contributed by atoms with Crippen molar-refractivity contribution in [3.63, 3.8) is 0 Å². The van der Waals surface area contributed by atoms with Gasteiger partial charge in [-0.25, -0.2) is 0 Å². The first kappa shape index (κ1) is 12.8. The normalized spacial score (nSPS) is 9.94. The van der Waals surface area contributed by atoms with Gasteiger partial charge >= 0.3 is 0 Å². The number of nitrogens with one attached hydrogen (secondary N) is 1. The molecule has 1 aromatic rings. The molecule has 0 heterocycles. The molecule has 0 aromatic heterocycles. The van der Waals surface area contributed by atoms with E-state index in [-0.39, 0.29) is 0 Å². The van der Waals surface area contributed by atoms with Crippen LogP contribution in [0.25, 0.3) is 0 Å². The predicted molar refractivity (Wildman–Crippen MR) is 65.4 cm³/mol. The molecule has 5 heteroatoms. The second-order valence-corrected chi connectivity index (χ2v) is 3.18. The molecule has 1 N–H and O–H groups in total. The highest BCUT2D eigenvalue weighted by Crippen LogP contribution is 2.22. The van der Waals surface area contributed by atoms with Crippen molar-refractivity contribution < 1.29 is 9.47 Å². The summed E-state index contributed by atoms with van der Waals surface area (Å²) >= 11 is 0. The summed E-state index contributed by atoms with van der Waals surface area (Å²) in [4.78, 5) is 0. The summed E-state index contributed by atoms with van der Waals surface area (Å²) in [5.41, 5.74) is 3.62. The molecule has 0 saturated heterocycles. The van der Waals surface area contributed by atoms with Gasteiger partial charge in [-0.05, 0) is 12.1 Å². The maximum atomic E-state index is 8.35. The zero-order chi connectivity index (χ0) is 12.5. The molecule has 1 aromatic carbocycles. The van der Waals surface area contributed by atoms with Crippen molar-refractivity contribution in [1.29, 1.82) is 5.26 Å².